The van der Waals surface area contributed by atoms with Crippen LogP contribution < -0.4 is 15.4 Å². The van der Waals surface area contributed by atoms with Gasteiger partial charge < -0.3 is 25.1 Å². The van der Waals surface area contributed by atoms with Crippen molar-refractivity contribution in [3.63, 3.8) is 0 Å². The number of rotatable bonds is 12. The lowest BCUT2D eigenvalue weighted by molar-refractivity contribution is -0.137. The Labute approximate surface area is 219 Å². The highest BCUT2D eigenvalue weighted by Crippen LogP contribution is 2.31. The molecule has 1 heterocycles. The molecule has 0 unspecified atom stereocenters. The minimum Gasteiger partial charge on any atom is -0.497 e. The normalized spacial score (nSPS) is 12.3. The lowest BCUT2D eigenvalue weighted by Crippen LogP contribution is -2.44. The number of amides is 2. The summed E-state index contributed by atoms with van der Waals surface area (Å²) in [7, 11) is 1.55. The van der Waals surface area contributed by atoms with E-state index < -0.39 is 29.6 Å². The first-order chi connectivity index (χ1) is 18.0. The Morgan fingerprint density at radius 1 is 1.05 bits per heavy atom. The summed E-state index contributed by atoms with van der Waals surface area (Å²) in [4.78, 5) is 40.6. The molecule has 0 aliphatic rings. The molecule has 3 N–H and O–H groups in total. The molecule has 0 aliphatic carbocycles. The maximum atomic E-state index is 13.1. The highest BCUT2D eigenvalue weighted by molar-refractivity contribution is 5.98. The van der Waals surface area contributed by atoms with Crippen molar-refractivity contribution >= 4 is 34.2 Å². The first-order valence-corrected chi connectivity index (χ1v) is 12.4. The van der Waals surface area contributed by atoms with E-state index in [0.717, 1.165) is 34.3 Å². The number of hydrogen-bond donors (Lipinski definition) is 3. The molecule has 10 heteroatoms. The van der Waals surface area contributed by atoms with Crippen molar-refractivity contribution in [1.29, 1.82) is 0 Å². The number of unbranched alkanes of at least 4 members (excludes halogenated alkanes) is 2. The lowest BCUT2D eigenvalue weighted by Gasteiger charge is -2.19. The van der Waals surface area contributed by atoms with Gasteiger partial charge in [0.15, 0.2) is 0 Å². The van der Waals surface area contributed by atoms with E-state index in [2.05, 4.69) is 15.6 Å². The maximum absolute atomic E-state index is 13.1. The SMILES string of the molecule is COc1ccc2[nH]c(C)c(CC(=O)N[C@@H](CCCCCC(C)=O)C(=O)Nc3cccc(C(F)(F)F)c3)c2c1. The molecule has 204 valence electrons. The Hall–Kier alpha value is -3.82. The van der Waals surface area contributed by atoms with Gasteiger partial charge in [0, 0.05) is 28.7 Å². The van der Waals surface area contributed by atoms with Gasteiger partial charge in [-0.25, -0.2) is 0 Å². The van der Waals surface area contributed by atoms with Gasteiger partial charge in [-0.3, -0.25) is 9.59 Å². The number of ether oxygens (including phenoxy) is 1. The van der Waals surface area contributed by atoms with Gasteiger partial charge in [-0.1, -0.05) is 18.9 Å². The van der Waals surface area contributed by atoms with Gasteiger partial charge >= 0.3 is 6.18 Å². The van der Waals surface area contributed by atoms with Crippen LogP contribution in [0.3, 0.4) is 0 Å². The van der Waals surface area contributed by atoms with E-state index in [1.165, 1.54) is 19.1 Å². The summed E-state index contributed by atoms with van der Waals surface area (Å²) in [5.41, 5.74) is 1.51. The topological polar surface area (TPSA) is 100 Å². The molecular formula is C28H32F3N3O4. The van der Waals surface area contributed by atoms with Crippen molar-refractivity contribution in [3.05, 3.63) is 59.3 Å². The van der Waals surface area contributed by atoms with E-state index >= 15 is 0 Å². The van der Waals surface area contributed by atoms with Crippen molar-refractivity contribution in [2.75, 3.05) is 12.4 Å². The summed E-state index contributed by atoms with van der Waals surface area (Å²) < 4.78 is 44.6. The average molecular weight is 532 g/mol. The highest BCUT2D eigenvalue weighted by Gasteiger charge is 2.31. The van der Waals surface area contributed by atoms with Crippen molar-refractivity contribution in [1.82, 2.24) is 10.3 Å². The van der Waals surface area contributed by atoms with Crippen LogP contribution in [0, 0.1) is 6.92 Å². The first-order valence-electron chi connectivity index (χ1n) is 12.4. The monoisotopic (exact) mass is 531 g/mol. The number of alkyl halides is 3. The van der Waals surface area contributed by atoms with Gasteiger partial charge in [0.2, 0.25) is 11.8 Å². The Kier molecular flexibility index (Phi) is 9.55. The molecule has 0 fully saturated rings. The van der Waals surface area contributed by atoms with Crippen molar-refractivity contribution < 1.29 is 32.3 Å². The number of ketones is 1. The number of aromatic amines is 1. The van der Waals surface area contributed by atoms with Gasteiger partial charge in [0.25, 0.3) is 0 Å². The van der Waals surface area contributed by atoms with Crippen molar-refractivity contribution in [2.24, 2.45) is 0 Å². The van der Waals surface area contributed by atoms with Gasteiger partial charge in [-0.15, -0.1) is 0 Å². The third-order valence-corrected chi connectivity index (χ3v) is 6.29. The quantitative estimate of drug-likeness (QED) is 0.261. The number of halogens is 3. The van der Waals surface area contributed by atoms with E-state index in [0.29, 0.717) is 31.4 Å². The van der Waals surface area contributed by atoms with Gasteiger partial charge in [0.05, 0.1) is 19.1 Å². The molecule has 0 aliphatic heterocycles. The number of nitrogens with one attached hydrogen (secondary N) is 3. The summed E-state index contributed by atoms with van der Waals surface area (Å²) >= 11 is 0. The number of aryl methyl sites for hydroxylation is 1. The van der Waals surface area contributed by atoms with Crippen LogP contribution in [0.15, 0.2) is 42.5 Å². The number of fused-ring (bicyclic) bond motifs is 1. The van der Waals surface area contributed by atoms with Gasteiger partial charge in [-0.2, -0.15) is 13.2 Å². The second-order valence-corrected chi connectivity index (χ2v) is 9.31. The predicted octanol–water partition coefficient (Wildman–Crippen LogP) is 5.71. The third kappa shape index (κ3) is 7.84. The molecule has 0 radical (unpaired) electrons. The molecule has 0 spiro atoms. The van der Waals surface area contributed by atoms with E-state index in [1.54, 1.807) is 7.11 Å². The van der Waals surface area contributed by atoms with Crippen LogP contribution in [0.4, 0.5) is 18.9 Å². The summed E-state index contributed by atoms with van der Waals surface area (Å²) in [6.07, 6.45) is -1.98. The van der Waals surface area contributed by atoms with Crippen LogP contribution in [0.2, 0.25) is 0 Å². The van der Waals surface area contributed by atoms with Gasteiger partial charge in [0.1, 0.15) is 17.6 Å². The van der Waals surface area contributed by atoms with Crippen LogP contribution in [-0.4, -0.2) is 35.7 Å². The molecule has 1 aromatic heterocycles. The Morgan fingerprint density at radius 2 is 1.82 bits per heavy atom. The standard InChI is InChI=1S/C28H32F3N3O4/c1-17(35)8-5-4-6-11-25(27(37)33-20-10-7-9-19(14-20)28(29,30)31)34-26(36)16-22-18(2)32-24-13-12-21(38-3)15-23(22)24/h7,9-10,12-15,25,32H,4-6,8,11,16H2,1-3H3,(H,33,37)(H,34,36)/t25-/m0/s1. The zero-order valence-corrected chi connectivity index (χ0v) is 21.6. The smallest absolute Gasteiger partial charge is 0.416 e. The van der Waals surface area contributed by atoms with E-state index in [9.17, 15) is 27.6 Å². The summed E-state index contributed by atoms with van der Waals surface area (Å²) in [6, 6.07) is 8.87. The number of aromatic nitrogens is 1. The number of anilines is 1. The summed E-state index contributed by atoms with van der Waals surface area (Å²) in [5, 5.41) is 6.08. The largest absolute Gasteiger partial charge is 0.497 e. The fraction of sp³-hybridized carbons (Fsp3) is 0.393. The molecule has 0 saturated heterocycles. The fourth-order valence-electron chi connectivity index (χ4n) is 4.29. The molecule has 7 nitrogen and oxygen atoms in total. The highest BCUT2D eigenvalue weighted by atomic mass is 19.4. The molecule has 0 bridgehead atoms. The third-order valence-electron chi connectivity index (χ3n) is 6.29. The van der Waals surface area contributed by atoms with Gasteiger partial charge in [-0.05, 0) is 68.7 Å². The number of H-pyrrole nitrogens is 1. The van der Waals surface area contributed by atoms with Crippen LogP contribution in [0.1, 0.15) is 55.8 Å². The zero-order chi connectivity index (χ0) is 27.9. The van der Waals surface area contributed by atoms with Crippen LogP contribution in [0.5, 0.6) is 5.75 Å². The second kappa shape index (κ2) is 12.6. The first kappa shape index (κ1) is 28.7. The number of carbonyl (C=O) groups is 3. The molecule has 3 rings (SSSR count). The number of carbonyl (C=O) groups excluding carboxylic acids is 3. The summed E-state index contributed by atoms with van der Waals surface area (Å²) in [5.74, 6) is -0.295. The molecule has 1 atom stereocenters. The maximum Gasteiger partial charge on any atom is 0.416 e. The Morgan fingerprint density at radius 3 is 2.50 bits per heavy atom. The molecule has 2 amide bonds. The molecule has 2 aromatic carbocycles. The van der Waals surface area contributed by atoms with E-state index in [1.807, 2.05) is 25.1 Å². The zero-order valence-electron chi connectivity index (χ0n) is 21.6. The van der Waals surface area contributed by atoms with Crippen molar-refractivity contribution in [3.8, 4) is 5.75 Å². The fourth-order valence-corrected chi connectivity index (χ4v) is 4.29. The summed E-state index contributed by atoms with van der Waals surface area (Å²) in [6.45, 7) is 3.36. The minimum atomic E-state index is -4.55. The predicted molar refractivity (Wildman–Crippen MR) is 139 cm³/mol. The molecule has 0 saturated carbocycles. The lowest BCUT2D eigenvalue weighted by atomic mass is 10.0. The Bertz CT molecular complexity index is 1300. The average Bonchev–Trinajstić information content (AvgIpc) is 3.16. The number of benzene rings is 2. The van der Waals surface area contributed by atoms with E-state index in [4.69, 9.17) is 4.74 Å². The van der Waals surface area contributed by atoms with Crippen LogP contribution in [0.25, 0.3) is 10.9 Å². The number of hydrogen-bond acceptors (Lipinski definition) is 4. The Balaban J connectivity index is 1.74. The van der Waals surface area contributed by atoms with Crippen molar-refractivity contribution in [2.45, 2.75) is 64.6 Å². The van der Waals surface area contributed by atoms with Crippen LogP contribution in [-0.2, 0) is 27.0 Å². The number of Topliss-reactive ketones (excluding diaryl/α,β-unsaturated/α-hetero) is 1. The number of methoxy groups -OCH3 is 1. The molecule has 38 heavy (non-hydrogen) atoms. The molecule has 3 aromatic rings. The van der Waals surface area contributed by atoms with Crippen LogP contribution >= 0.6 is 0 Å². The minimum absolute atomic E-state index is 0.00330. The van der Waals surface area contributed by atoms with E-state index in [-0.39, 0.29) is 24.3 Å². The second-order valence-electron chi connectivity index (χ2n) is 9.31. The molecular weight excluding hydrogens is 499 g/mol.